The molecule has 1 aromatic heterocycles. The van der Waals surface area contributed by atoms with Gasteiger partial charge in [-0.1, -0.05) is 68.8 Å². The monoisotopic (exact) mass is 799 g/mol. The normalized spacial score (nSPS) is 14.4. The van der Waals surface area contributed by atoms with Gasteiger partial charge in [0.15, 0.2) is 6.29 Å². The number of aryl methyl sites for hydroxylation is 2. The summed E-state index contributed by atoms with van der Waals surface area (Å²) in [5, 5.41) is 26.9. The maximum atomic E-state index is 13.5. The Labute approximate surface area is 337 Å². The summed E-state index contributed by atoms with van der Waals surface area (Å²) in [6.07, 6.45) is 4.41. The summed E-state index contributed by atoms with van der Waals surface area (Å²) >= 11 is 6.54. The zero-order chi connectivity index (χ0) is 41.1. The van der Waals surface area contributed by atoms with Crippen molar-refractivity contribution in [1.29, 1.82) is 5.41 Å². The molecule has 13 nitrogen and oxygen atoms in total. The van der Waals surface area contributed by atoms with E-state index < -0.39 is 23.0 Å². The summed E-state index contributed by atoms with van der Waals surface area (Å²) < 4.78 is 24.7. The number of anilines is 1. The minimum absolute atomic E-state index is 0.0450. The van der Waals surface area contributed by atoms with E-state index in [9.17, 15) is 19.5 Å². The number of ether oxygens (including phenoxy) is 4. The highest BCUT2D eigenvalue weighted by molar-refractivity contribution is 6.31. The van der Waals surface area contributed by atoms with Gasteiger partial charge in [0.05, 0.1) is 17.9 Å². The van der Waals surface area contributed by atoms with E-state index in [4.69, 9.17) is 36.0 Å². The molecule has 0 bridgehead atoms. The fourth-order valence-corrected chi connectivity index (χ4v) is 6.10. The van der Waals surface area contributed by atoms with E-state index >= 15 is 0 Å². The Bertz CT molecular complexity index is 2170. The van der Waals surface area contributed by atoms with Crippen LogP contribution in [-0.2, 0) is 22.6 Å². The van der Waals surface area contributed by atoms with Crippen LogP contribution in [0.1, 0.15) is 72.8 Å². The van der Waals surface area contributed by atoms with E-state index in [1.807, 2.05) is 63.2 Å². The number of urea groups is 1. The lowest BCUT2D eigenvalue weighted by atomic mass is 9.90. The van der Waals surface area contributed by atoms with E-state index in [0.29, 0.717) is 59.7 Å². The van der Waals surface area contributed by atoms with Crippen LogP contribution in [0.2, 0.25) is 5.02 Å². The Kier molecular flexibility index (Phi) is 14.5. The van der Waals surface area contributed by atoms with Crippen molar-refractivity contribution < 1.29 is 33.6 Å². The number of rotatable bonds is 16. The number of hydrogen-bond donors (Lipinski definition) is 5. The highest BCUT2D eigenvalue weighted by Crippen LogP contribution is 2.27. The lowest BCUT2D eigenvalue weighted by Crippen LogP contribution is -2.37. The van der Waals surface area contributed by atoms with Crippen molar-refractivity contribution >= 4 is 35.0 Å². The molecule has 0 radical (unpaired) electrons. The Morgan fingerprint density at radius 3 is 2.49 bits per heavy atom. The molecule has 5 N–H and O–H groups in total. The predicted octanol–water partition coefficient (Wildman–Crippen LogP) is 8.13. The summed E-state index contributed by atoms with van der Waals surface area (Å²) in [5.41, 5.74) is 3.09. The van der Waals surface area contributed by atoms with Crippen LogP contribution in [0, 0.1) is 24.7 Å². The minimum Gasteiger partial charge on any atom is -0.491 e. The molecule has 5 rings (SSSR count). The number of halogens is 1. The highest BCUT2D eigenvalue weighted by Gasteiger charge is 2.19. The number of hydrogen-bond acceptors (Lipinski definition) is 9. The highest BCUT2D eigenvalue weighted by atomic mass is 35.5. The Hall–Kier alpha value is -5.63. The SMILES string of the molecule is Cc1ccc(C(=O)O)cc1-n1c(C)cc(OCc2ccccc2CNC(=O)N/C(=C/C(=N)C(C)(C)C)Nc2cccc(OCCOC3CCCCO3)c2)c(Cl)c1=O. The minimum atomic E-state index is -1.11. The van der Waals surface area contributed by atoms with Gasteiger partial charge in [-0.15, -0.1) is 0 Å². The molecule has 0 spiro atoms. The van der Waals surface area contributed by atoms with Crippen LogP contribution in [0.5, 0.6) is 11.5 Å². The third-order valence-corrected chi connectivity index (χ3v) is 9.54. The van der Waals surface area contributed by atoms with Crippen LogP contribution in [0.3, 0.4) is 0 Å². The number of carboxylic acid groups (broad SMARTS) is 1. The molecule has 2 heterocycles. The predicted molar refractivity (Wildman–Crippen MR) is 220 cm³/mol. The Morgan fingerprint density at radius 2 is 1.77 bits per heavy atom. The average Bonchev–Trinajstić information content (AvgIpc) is 3.17. The van der Waals surface area contributed by atoms with Crippen molar-refractivity contribution in [1.82, 2.24) is 15.2 Å². The molecule has 14 heteroatoms. The van der Waals surface area contributed by atoms with Gasteiger partial charge in [0.1, 0.15) is 35.6 Å². The molecule has 0 aliphatic carbocycles. The first-order chi connectivity index (χ1) is 27.2. The van der Waals surface area contributed by atoms with Crippen molar-refractivity contribution in [2.45, 2.75) is 73.3 Å². The molecule has 4 aromatic rings. The fourth-order valence-electron chi connectivity index (χ4n) is 5.90. The van der Waals surface area contributed by atoms with Crippen LogP contribution in [0.4, 0.5) is 10.5 Å². The van der Waals surface area contributed by atoms with Crippen LogP contribution in [0.15, 0.2) is 89.5 Å². The second-order valence-corrected chi connectivity index (χ2v) is 15.0. The fraction of sp³-hybridized carbons (Fsp3) is 0.349. The van der Waals surface area contributed by atoms with Gasteiger partial charge in [0, 0.05) is 53.9 Å². The quantitative estimate of drug-likeness (QED) is 0.0554. The van der Waals surface area contributed by atoms with Gasteiger partial charge >= 0.3 is 12.0 Å². The smallest absolute Gasteiger partial charge is 0.335 e. The van der Waals surface area contributed by atoms with Gasteiger partial charge in [-0.2, -0.15) is 0 Å². The molecule has 1 aliphatic heterocycles. The van der Waals surface area contributed by atoms with E-state index in [0.717, 1.165) is 30.4 Å². The first-order valence-electron chi connectivity index (χ1n) is 18.7. The number of pyridine rings is 1. The maximum Gasteiger partial charge on any atom is 0.335 e. The van der Waals surface area contributed by atoms with Crippen LogP contribution < -0.4 is 31.0 Å². The zero-order valence-electron chi connectivity index (χ0n) is 32.9. The Balaban J connectivity index is 1.22. The number of amides is 2. The third-order valence-electron chi connectivity index (χ3n) is 9.19. The van der Waals surface area contributed by atoms with Gasteiger partial charge in [-0.3, -0.25) is 14.7 Å². The number of nitrogens with one attached hydrogen (secondary N) is 4. The van der Waals surface area contributed by atoms with Crippen molar-refractivity contribution in [3.05, 3.63) is 128 Å². The topological polar surface area (TPSA) is 173 Å². The number of benzene rings is 3. The van der Waals surface area contributed by atoms with Crippen LogP contribution >= 0.6 is 11.6 Å². The van der Waals surface area contributed by atoms with Gasteiger partial charge in [0.2, 0.25) is 0 Å². The van der Waals surface area contributed by atoms with Gasteiger partial charge in [-0.05, 0) is 74.1 Å². The Morgan fingerprint density at radius 1 is 1.00 bits per heavy atom. The molecule has 3 aromatic carbocycles. The van der Waals surface area contributed by atoms with E-state index in [-0.39, 0.29) is 35.8 Å². The molecule has 57 heavy (non-hydrogen) atoms. The first kappa shape index (κ1) is 42.5. The third kappa shape index (κ3) is 11.9. The number of nitrogens with zero attached hydrogens (tertiary/aromatic N) is 1. The molecule has 302 valence electrons. The molecular formula is C43H50ClN5O8. The van der Waals surface area contributed by atoms with Crippen LogP contribution in [0.25, 0.3) is 5.69 Å². The molecule has 1 atom stereocenters. The van der Waals surface area contributed by atoms with Crippen molar-refractivity contribution in [2.75, 3.05) is 25.1 Å². The molecular weight excluding hydrogens is 750 g/mol. The zero-order valence-corrected chi connectivity index (χ0v) is 33.6. The summed E-state index contributed by atoms with van der Waals surface area (Å²) in [6, 6.07) is 20.3. The second-order valence-electron chi connectivity index (χ2n) is 14.7. The van der Waals surface area contributed by atoms with Gasteiger partial charge < -0.3 is 40.1 Å². The summed E-state index contributed by atoms with van der Waals surface area (Å²) in [4.78, 5) is 38.4. The number of allylic oxidation sites excluding steroid dienone is 1. The lowest BCUT2D eigenvalue weighted by Gasteiger charge is -2.22. The number of carbonyl (C=O) groups excluding carboxylic acids is 1. The first-order valence-corrected chi connectivity index (χ1v) is 19.1. The summed E-state index contributed by atoms with van der Waals surface area (Å²) in [6.45, 7) is 10.9. The molecule has 1 saturated heterocycles. The summed E-state index contributed by atoms with van der Waals surface area (Å²) in [7, 11) is 0. The molecule has 1 unspecified atom stereocenters. The lowest BCUT2D eigenvalue weighted by molar-refractivity contribution is -0.165. The van der Waals surface area contributed by atoms with E-state index in [2.05, 4.69) is 16.0 Å². The molecule has 1 fully saturated rings. The molecule has 1 aliphatic rings. The average molecular weight is 800 g/mol. The van der Waals surface area contributed by atoms with Crippen molar-refractivity contribution in [3.63, 3.8) is 0 Å². The second kappa shape index (κ2) is 19.5. The standard InChI is InChI=1S/C43H50ClN5O8/c1-27-16-17-29(41(51)52)22-34(27)49-28(2)21-35(39(44)40(49)50)57-26-31-12-7-6-11-30(31)25-46-42(53)48-37(24-36(45)43(3,4)5)47-32-13-10-14-33(23-32)54-19-20-56-38-15-8-9-18-55-38/h6-7,10-14,16-17,21-24,38,45,47H,8-9,15,18-20,25-26H2,1-5H3,(H,51,52)(H2,46,48,53)/b37-24+,45-36?. The van der Waals surface area contributed by atoms with Crippen LogP contribution in [-0.4, -0.2) is 53.5 Å². The molecule has 2 amide bonds. The van der Waals surface area contributed by atoms with E-state index in [1.165, 1.54) is 16.7 Å². The van der Waals surface area contributed by atoms with E-state index in [1.54, 1.807) is 38.1 Å². The van der Waals surface area contributed by atoms with Crippen molar-refractivity contribution in [3.8, 4) is 17.2 Å². The van der Waals surface area contributed by atoms with Gasteiger partial charge in [0.25, 0.3) is 5.56 Å². The maximum absolute atomic E-state index is 13.5. The number of carboxylic acids is 1. The number of aromatic carboxylic acids is 1. The molecule has 0 saturated carbocycles. The largest absolute Gasteiger partial charge is 0.491 e. The van der Waals surface area contributed by atoms with Gasteiger partial charge in [-0.25, -0.2) is 9.59 Å². The van der Waals surface area contributed by atoms with Crippen molar-refractivity contribution in [2.24, 2.45) is 5.41 Å². The number of carbonyl (C=O) groups is 2. The number of aromatic nitrogens is 1. The summed E-state index contributed by atoms with van der Waals surface area (Å²) in [5.74, 6) is -0.0335.